The minimum atomic E-state index is -0.586. The van der Waals surface area contributed by atoms with E-state index in [2.05, 4.69) is 24.4 Å². The van der Waals surface area contributed by atoms with E-state index in [1.165, 1.54) is 18.1 Å². The van der Waals surface area contributed by atoms with Gasteiger partial charge in [0.25, 0.3) is 0 Å². The van der Waals surface area contributed by atoms with E-state index < -0.39 is 5.41 Å². The van der Waals surface area contributed by atoms with Crippen molar-refractivity contribution in [1.29, 1.82) is 0 Å². The number of carbonyl (C=O) groups excluding carboxylic acids is 2. The summed E-state index contributed by atoms with van der Waals surface area (Å²) in [5.41, 5.74) is 2.45. The fourth-order valence-electron chi connectivity index (χ4n) is 5.91. The largest absolute Gasteiger partial charge is 0.464 e. The van der Waals surface area contributed by atoms with E-state index in [1.54, 1.807) is 13.3 Å². The van der Waals surface area contributed by atoms with Crippen LogP contribution in [0.4, 0.5) is 0 Å². The monoisotopic (exact) mass is 369 g/mol. The van der Waals surface area contributed by atoms with Gasteiger partial charge in [0.05, 0.1) is 11.7 Å². The standard InChI is InChI=1S/C22H27NO4/c1-13(24)27-18-11-15-10-14-6-9-26-17(14)12-16(15)21(2)7-5-8-22(3,19(18)21)20(25)23-4/h6,9-10,12,18-19H,5,7-8,11H2,1-4H3,(H,23,25)/t18-,19-,21-,22-/m1/s1. The molecule has 144 valence electrons. The van der Waals surface area contributed by atoms with Crippen molar-refractivity contribution < 1.29 is 18.7 Å². The molecule has 1 heterocycles. The van der Waals surface area contributed by atoms with E-state index in [0.29, 0.717) is 6.42 Å². The lowest BCUT2D eigenvalue weighted by Gasteiger charge is -2.56. The Labute approximate surface area is 159 Å². The summed E-state index contributed by atoms with van der Waals surface area (Å²) in [4.78, 5) is 24.8. The van der Waals surface area contributed by atoms with Crippen LogP contribution in [0.2, 0.25) is 0 Å². The van der Waals surface area contributed by atoms with Crippen LogP contribution in [-0.4, -0.2) is 25.0 Å². The smallest absolute Gasteiger partial charge is 0.302 e. The first-order chi connectivity index (χ1) is 12.8. The van der Waals surface area contributed by atoms with Gasteiger partial charge in [-0.2, -0.15) is 0 Å². The molecule has 2 aromatic rings. The number of hydrogen-bond donors (Lipinski definition) is 1. The van der Waals surface area contributed by atoms with Crippen LogP contribution >= 0.6 is 0 Å². The van der Waals surface area contributed by atoms with Crippen molar-refractivity contribution in [2.75, 3.05) is 7.05 Å². The molecule has 0 radical (unpaired) electrons. The average molecular weight is 369 g/mol. The Balaban J connectivity index is 1.93. The molecule has 0 unspecified atom stereocenters. The van der Waals surface area contributed by atoms with E-state index in [9.17, 15) is 9.59 Å². The molecule has 0 bridgehead atoms. The molecule has 2 aliphatic rings. The minimum Gasteiger partial charge on any atom is -0.464 e. The van der Waals surface area contributed by atoms with Crippen LogP contribution in [0.25, 0.3) is 11.0 Å². The third-order valence-corrected chi connectivity index (χ3v) is 6.91. The van der Waals surface area contributed by atoms with E-state index in [-0.39, 0.29) is 29.3 Å². The van der Waals surface area contributed by atoms with Crippen molar-refractivity contribution >= 4 is 22.8 Å². The van der Waals surface area contributed by atoms with Gasteiger partial charge >= 0.3 is 5.97 Å². The van der Waals surface area contributed by atoms with Crippen LogP contribution < -0.4 is 5.32 Å². The number of nitrogens with one attached hydrogen (secondary N) is 1. The maximum atomic E-state index is 12.9. The summed E-state index contributed by atoms with van der Waals surface area (Å²) in [7, 11) is 1.68. The Bertz CT molecular complexity index is 916. The number of amides is 1. The van der Waals surface area contributed by atoms with Crippen LogP contribution in [0.5, 0.6) is 0 Å². The molecule has 5 heteroatoms. The summed E-state index contributed by atoms with van der Waals surface area (Å²) in [5, 5.41) is 3.91. The van der Waals surface area contributed by atoms with Gasteiger partial charge in [0.2, 0.25) is 5.91 Å². The molecule has 2 aliphatic carbocycles. The van der Waals surface area contributed by atoms with E-state index >= 15 is 0 Å². The Kier molecular flexibility index (Phi) is 4.09. The lowest BCUT2D eigenvalue weighted by atomic mass is 9.48. The van der Waals surface area contributed by atoms with Crippen molar-refractivity contribution in [3.8, 4) is 0 Å². The molecule has 4 atom stereocenters. The third-order valence-electron chi connectivity index (χ3n) is 6.91. The van der Waals surface area contributed by atoms with Gasteiger partial charge < -0.3 is 14.5 Å². The van der Waals surface area contributed by atoms with Crippen LogP contribution in [0.1, 0.15) is 51.2 Å². The third kappa shape index (κ3) is 2.59. The Morgan fingerprint density at radius 2 is 2.04 bits per heavy atom. The summed E-state index contributed by atoms with van der Waals surface area (Å²) in [6, 6.07) is 6.25. The van der Waals surface area contributed by atoms with Gasteiger partial charge in [-0.25, -0.2) is 0 Å². The van der Waals surface area contributed by atoms with Gasteiger partial charge in [-0.05, 0) is 42.2 Å². The number of carbonyl (C=O) groups is 2. The normalized spacial score (nSPS) is 32.4. The van der Waals surface area contributed by atoms with Crippen LogP contribution in [0.3, 0.4) is 0 Å². The SMILES string of the molecule is CNC(=O)[C@]1(C)CCC[C@]2(C)c3cc4occc4cc3C[C@@H](OC(C)=O)[C@@H]12. The highest BCUT2D eigenvalue weighted by molar-refractivity contribution is 5.84. The number of benzene rings is 1. The van der Waals surface area contributed by atoms with Crippen molar-refractivity contribution in [3.05, 3.63) is 35.6 Å². The lowest BCUT2D eigenvalue weighted by Crippen LogP contribution is -2.60. The van der Waals surface area contributed by atoms with Crippen molar-refractivity contribution in [1.82, 2.24) is 5.32 Å². The highest BCUT2D eigenvalue weighted by atomic mass is 16.5. The summed E-state index contributed by atoms with van der Waals surface area (Å²) < 4.78 is 11.5. The molecule has 1 fully saturated rings. The van der Waals surface area contributed by atoms with Crippen molar-refractivity contribution in [3.63, 3.8) is 0 Å². The fraction of sp³-hybridized carbons (Fsp3) is 0.545. The van der Waals surface area contributed by atoms with E-state index in [4.69, 9.17) is 9.15 Å². The zero-order chi connectivity index (χ0) is 19.4. The second-order valence-electron chi connectivity index (χ2n) is 8.57. The number of fused-ring (bicyclic) bond motifs is 4. The lowest BCUT2D eigenvalue weighted by molar-refractivity contribution is -0.165. The predicted molar refractivity (Wildman–Crippen MR) is 102 cm³/mol. The number of rotatable bonds is 2. The van der Waals surface area contributed by atoms with Crippen LogP contribution in [0, 0.1) is 11.3 Å². The maximum absolute atomic E-state index is 12.9. The maximum Gasteiger partial charge on any atom is 0.302 e. The molecule has 0 spiro atoms. The van der Waals surface area contributed by atoms with Crippen molar-refractivity contribution in [2.24, 2.45) is 11.3 Å². The fourth-order valence-corrected chi connectivity index (χ4v) is 5.91. The van der Waals surface area contributed by atoms with Crippen molar-refractivity contribution in [2.45, 2.75) is 58.0 Å². The molecule has 27 heavy (non-hydrogen) atoms. The molecule has 0 saturated heterocycles. The summed E-state index contributed by atoms with van der Waals surface area (Å²) >= 11 is 0. The summed E-state index contributed by atoms with van der Waals surface area (Å²) in [6.07, 6.45) is 4.73. The number of hydrogen-bond acceptors (Lipinski definition) is 4. The first-order valence-corrected chi connectivity index (χ1v) is 9.69. The Morgan fingerprint density at radius 3 is 2.74 bits per heavy atom. The molecular weight excluding hydrogens is 342 g/mol. The molecule has 4 rings (SSSR count). The Morgan fingerprint density at radius 1 is 1.26 bits per heavy atom. The quantitative estimate of drug-likeness (QED) is 0.819. The second kappa shape index (κ2) is 6.11. The zero-order valence-corrected chi connectivity index (χ0v) is 16.4. The summed E-state index contributed by atoms with van der Waals surface area (Å²) in [6.45, 7) is 5.70. The van der Waals surface area contributed by atoms with Gasteiger partial charge in [-0.1, -0.05) is 20.3 Å². The molecule has 1 amide bonds. The van der Waals surface area contributed by atoms with Crippen LogP contribution in [0.15, 0.2) is 28.9 Å². The Hall–Kier alpha value is -2.30. The minimum absolute atomic E-state index is 0.0260. The van der Waals surface area contributed by atoms with Gasteiger partial charge in [-0.3, -0.25) is 9.59 Å². The second-order valence-corrected chi connectivity index (χ2v) is 8.57. The van der Waals surface area contributed by atoms with Gasteiger partial charge in [0.1, 0.15) is 11.7 Å². The first-order valence-electron chi connectivity index (χ1n) is 9.69. The van der Waals surface area contributed by atoms with Gasteiger partial charge in [0, 0.05) is 37.1 Å². The van der Waals surface area contributed by atoms with E-state index in [1.807, 2.05) is 13.0 Å². The molecule has 1 N–H and O–H groups in total. The molecule has 5 nitrogen and oxygen atoms in total. The topological polar surface area (TPSA) is 68.5 Å². The average Bonchev–Trinajstić information content (AvgIpc) is 3.06. The molecule has 1 aromatic heterocycles. The van der Waals surface area contributed by atoms with E-state index in [0.717, 1.165) is 30.2 Å². The number of ether oxygens (including phenoxy) is 1. The molecule has 1 aromatic carbocycles. The van der Waals surface area contributed by atoms with Crippen LogP contribution in [-0.2, 0) is 26.2 Å². The highest BCUT2D eigenvalue weighted by Gasteiger charge is 2.59. The number of esters is 1. The highest BCUT2D eigenvalue weighted by Crippen LogP contribution is 2.58. The summed E-state index contributed by atoms with van der Waals surface area (Å²) in [5.74, 6) is -0.347. The van der Waals surface area contributed by atoms with Gasteiger partial charge in [0.15, 0.2) is 0 Å². The first kappa shape index (κ1) is 18.1. The van der Waals surface area contributed by atoms with Gasteiger partial charge in [-0.15, -0.1) is 0 Å². The predicted octanol–water partition coefficient (Wildman–Crippen LogP) is 3.73. The number of furan rings is 1. The molecule has 1 saturated carbocycles. The zero-order valence-electron chi connectivity index (χ0n) is 16.4. The molecule has 0 aliphatic heterocycles. The molecular formula is C22H27NO4.